The number of hydrogen-bond acceptors (Lipinski definition) is 3. The molecule has 1 aromatic heterocycles. The van der Waals surface area contributed by atoms with Crippen molar-refractivity contribution in [1.82, 2.24) is 14.5 Å². The summed E-state index contributed by atoms with van der Waals surface area (Å²) in [5.74, 6) is 1.71. The number of carbonyl (C=O) groups is 1. The van der Waals surface area contributed by atoms with Crippen molar-refractivity contribution < 1.29 is 9.53 Å². The summed E-state index contributed by atoms with van der Waals surface area (Å²) >= 11 is 0. The predicted octanol–water partition coefficient (Wildman–Crippen LogP) is 0.940. The number of likely N-dealkylation sites (N-methyl/N-ethyl adjacent to an activating group) is 1. The average molecular weight is 251 g/mol. The van der Waals surface area contributed by atoms with E-state index in [0.29, 0.717) is 12.5 Å². The fraction of sp³-hybridized carbons (Fsp3) is 0.692. The first kappa shape index (κ1) is 13.1. The monoisotopic (exact) mass is 251 g/mol. The van der Waals surface area contributed by atoms with Crippen molar-refractivity contribution in [2.24, 2.45) is 5.92 Å². The maximum absolute atomic E-state index is 11.8. The van der Waals surface area contributed by atoms with Gasteiger partial charge in [0, 0.05) is 45.6 Å². The van der Waals surface area contributed by atoms with Crippen molar-refractivity contribution in [3.8, 4) is 0 Å². The maximum Gasteiger partial charge on any atom is 0.248 e. The summed E-state index contributed by atoms with van der Waals surface area (Å²) in [6.07, 6.45) is 5.94. The van der Waals surface area contributed by atoms with Gasteiger partial charge in [0.2, 0.25) is 5.91 Å². The standard InChI is InChI=1S/C13H21N3O2/c1-3-18-10-13(17)15(2)9-11-4-6-16-7-5-14-12(16)8-11/h5,7,11H,3-4,6,8-10H2,1-2H3/t11-/m1/s1. The molecule has 0 unspecified atom stereocenters. The Morgan fingerprint density at radius 1 is 1.67 bits per heavy atom. The summed E-state index contributed by atoms with van der Waals surface area (Å²) in [5.41, 5.74) is 0. The molecule has 0 saturated heterocycles. The number of carbonyl (C=O) groups excluding carboxylic acids is 1. The lowest BCUT2D eigenvalue weighted by Gasteiger charge is -2.27. The van der Waals surface area contributed by atoms with Crippen LogP contribution in [0, 0.1) is 5.92 Å². The van der Waals surface area contributed by atoms with Crippen LogP contribution in [0.25, 0.3) is 0 Å². The van der Waals surface area contributed by atoms with Crippen molar-refractivity contribution in [2.45, 2.75) is 26.3 Å². The number of ether oxygens (including phenoxy) is 1. The number of fused-ring (bicyclic) bond motifs is 1. The lowest BCUT2D eigenvalue weighted by molar-refractivity contribution is -0.135. The molecule has 1 aliphatic rings. The quantitative estimate of drug-likeness (QED) is 0.782. The summed E-state index contributed by atoms with van der Waals surface area (Å²) in [4.78, 5) is 17.9. The van der Waals surface area contributed by atoms with E-state index in [1.165, 1.54) is 0 Å². The zero-order valence-corrected chi connectivity index (χ0v) is 11.1. The van der Waals surface area contributed by atoms with E-state index < -0.39 is 0 Å². The van der Waals surface area contributed by atoms with Crippen LogP contribution in [0.3, 0.4) is 0 Å². The summed E-state index contributed by atoms with van der Waals surface area (Å²) in [6, 6.07) is 0. The molecule has 1 aromatic rings. The van der Waals surface area contributed by atoms with Gasteiger partial charge < -0.3 is 14.2 Å². The van der Waals surface area contributed by atoms with Gasteiger partial charge in [0.1, 0.15) is 12.4 Å². The van der Waals surface area contributed by atoms with Gasteiger partial charge in [-0.05, 0) is 19.3 Å². The number of aromatic nitrogens is 2. The Morgan fingerprint density at radius 2 is 2.50 bits per heavy atom. The van der Waals surface area contributed by atoms with Crippen LogP contribution in [-0.2, 0) is 22.5 Å². The zero-order chi connectivity index (χ0) is 13.0. The molecule has 18 heavy (non-hydrogen) atoms. The maximum atomic E-state index is 11.8. The molecule has 0 fully saturated rings. The smallest absolute Gasteiger partial charge is 0.248 e. The van der Waals surface area contributed by atoms with Crippen LogP contribution in [0.2, 0.25) is 0 Å². The van der Waals surface area contributed by atoms with Crippen LogP contribution in [-0.4, -0.2) is 47.2 Å². The molecule has 2 heterocycles. The van der Waals surface area contributed by atoms with Crippen LogP contribution >= 0.6 is 0 Å². The molecule has 0 aromatic carbocycles. The molecular weight excluding hydrogens is 230 g/mol. The molecular formula is C13H21N3O2. The highest BCUT2D eigenvalue weighted by Crippen LogP contribution is 2.19. The van der Waals surface area contributed by atoms with Gasteiger partial charge in [-0.2, -0.15) is 0 Å². The summed E-state index contributed by atoms with van der Waals surface area (Å²) in [7, 11) is 1.85. The highest BCUT2D eigenvalue weighted by Gasteiger charge is 2.22. The topological polar surface area (TPSA) is 47.4 Å². The van der Waals surface area contributed by atoms with E-state index in [4.69, 9.17) is 4.74 Å². The Bertz CT molecular complexity index is 403. The highest BCUT2D eigenvalue weighted by atomic mass is 16.5. The molecule has 0 radical (unpaired) electrons. The first-order valence-electron chi connectivity index (χ1n) is 6.52. The van der Waals surface area contributed by atoms with Gasteiger partial charge in [0.05, 0.1) is 0 Å². The summed E-state index contributed by atoms with van der Waals surface area (Å²) < 4.78 is 7.33. The Kier molecular flexibility index (Phi) is 4.36. The van der Waals surface area contributed by atoms with Crippen molar-refractivity contribution in [3.63, 3.8) is 0 Å². The molecule has 0 aliphatic carbocycles. The first-order valence-corrected chi connectivity index (χ1v) is 6.52. The average Bonchev–Trinajstić information content (AvgIpc) is 2.83. The van der Waals surface area contributed by atoms with Crippen molar-refractivity contribution >= 4 is 5.91 Å². The molecule has 2 rings (SSSR count). The molecule has 0 bridgehead atoms. The lowest BCUT2D eigenvalue weighted by Crippen LogP contribution is -2.36. The van der Waals surface area contributed by atoms with E-state index in [-0.39, 0.29) is 12.5 Å². The Morgan fingerprint density at radius 3 is 3.28 bits per heavy atom. The second kappa shape index (κ2) is 6.00. The van der Waals surface area contributed by atoms with Crippen LogP contribution in [0.4, 0.5) is 0 Å². The van der Waals surface area contributed by atoms with Crippen molar-refractivity contribution in [3.05, 3.63) is 18.2 Å². The largest absolute Gasteiger partial charge is 0.372 e. The number of hydrogen-bond donors (Lipinski definition) is 0. The second-order valence-corrected chi connectivity index (χ2v) is 4.81. The third-order valence-corrected chi connectivity index (χ3v) is 3.44. The molecule has 0 spiro atoms. The second-order valence-electron chi connectivity index (χ2n) is 4.81. The number of nitrogens with zero attached hydrogens (tertiary/aromatic N) is 3. The third-order valence-electron chi connectivity index (χ3n) is 3.44. The molecule has 1 atom stereocenters. The zero-order valence-electron chi connectivity index (χ0n) is 11.1. The fourth-order valence-corrected chi connectivity index (χ4v) is 2.36. The van der Waals surface area contributed by atoms with E-state index in [1.807, 2.05) is 26.4 Å². The lowest BCUT2D eigenvalue weighted by atomic mass is 9.97. The van der Waals surface area contributed by atoms with Gasteiger partial charge in [-0.25, -0.2) is 4.98 Å². The minimum atomic E-state index is 0.0609. The van der Waals surface area contributed by atoms with Gasteiger partial charge in [0.15, 0.2) is 0 Å². The SMILES string of the molecule is CCOCC(=O)N(C)C[C@@H]1CCn2ccnc2C1. The minimum absolute atomic E-state index is 0.0609. The van der Waals surface area contributed by atoms with Crippen molar-refractivity contribution in [1.29, 1.82) is 0 Å². The first-order chi connectivity index (χ1) is 8.70. The van der Waals surface area contributed by atoms with E-state index in [1.54, 1.807) is 4.90 Å². The van der Waals surface area contributed by atoms with Crippen LogP contribution in [0.1, 0.15) is 19.2 Å². The molecule has 1 aliphatic heterocycles. The van der Waals surface area contributed by atoms with Gasteiger partial charge in [-0.3, -0.25) is 4.79 Å². The predicted molar refractivity (Wildman–Crippen MR) is 68.2 cm³/mol. The summed E-state index contributed by atoms with van der Waals surface area (Å²) in [5, 5.41) is 0. The van der Waals surface area contributed by atoms with E-state index >= 15 is 0 Å². The van der Waals surface area contributed by atoms with Crippen LogP contribution in [0.5, 0.6) is 0 Å². The molecule has 0 saturated carbocycles. The van der Waals surface area contributed by atoms with Gasteiger partial charge in [-0.15, -0.1) is 0 Å². The van der Waals surface area contributed by atoms with E-state index in [9.17, 15) is 4.79 Å². The molecule has 5 nitrogen and oxygen atoms in total. The van der Waals surface area contributed by atoms with Gasteiger partial charge >= 0.3 is 0 Å². The number of aryl methyl sites for hydroxylation is 1. The number of imidazole rings is 1. The highest BCUT2D eigenvalue weighted by molar-refractivity contribution is 5.77. The summed E-state index contributed by atoms with van der Waals surface area (Å²) in [6.45, 7) is 4.47. The van der Waals surface area contributed by atoms with Crippen molar-refractivity contribution in [2.75, 3.05) is 26.8 Å². The molecule has 0 N–H and O–H groups in total. The third kappa shape index (κ3) is 3.10. The van der Waals surface area contributed by atoms with Crippen LogP contribution < -0.4 is 0 Å². The fourth-order valence-electron chi connectivity index (χ4n) is 2.36. The molecule has 1 amide bonds. The normalized spacial score (nSPS) is 18.4. The number of amides is 1. The Labute approximate surface area is 108 Å². The minimum Gasteiger partial charge on any atom is -0.372 e. The Hall–Kier alpha value is -1.36. The van der Waals surface area contributed by atoms with Crippen LogP contribution in [0.15, 0.2) is 12.4 Å². The van der Waals surface area contributed by atoms with E-state index in [2.05, 4.69) is 9.55 Å². The van der Waals surface area contributed by atoms with Gasteiger partial charge in [0.25, 0.3) is 0 Å². The van der Waals surface area contributed by atoms with Gasteiger partial charge in [-0.1, -0.05) is 0 Å². The van der Waals surface area contributed by atoms with E-state index in [0.717, 1.165) is 31.8 Å². The molecule has 5 heteroatoms. The molecule has 100 valence electrons. The Balaban J connectivity index is 1.82. The number of rotatable bonds is 5.